The fourth-order valence-corrected chi connectivity index (χ4v) is 4.26. The van der Waals surface area contributed by atoms with Gasteiger partial charge in [-0.25, -0.2) is 9.48 Å². The highest BCUT2D eigenvalue weighted by Gasteiger charge is 2.21. The Morgan fingerprint density at radius 2 is 1.74 bits per heavy atom. The Balaban J connectivity index is 1.20. The van der Waals surface area contributed by atoms with Crippen LogP contribution >= 0.6 is 0 Å². The summed E-state index contributed by atoms with van der Waals surface area (Å²) in [4.78, 5) is 29.4. The van der Waals surface area contributed by atoms with Crippen LogP contribution in [0.5, 0.6) is 5.75 Å². The van der Waals surface area contributed by atoms with E-state index in [0.29, 0.717) is 25.6 Å². The van der Waals surface area contributed by atoms with E-state index in [4.69, 9.17) is 4.74 Å². The van der Waals surface area contributed by atoms with E-state index >= 15 is 0 Å². The maximum absolute atomic E-state index is 12.8. The average Bonchev–Trinajstić information content (AvgIpc) is 3.20. The average molecular weight is 464 g/mol. The van der Waals surface area contributed by atoms with Crippen molar-refractivity contribution in [2.45, 2.75) is 32.5 Å². The van der Waals surface area contributed by atoms with Crippen molar-refractivity contribution in [1.29, 1.82) is 0 Å². The number of amides is 1. The standard InChI is InChI=1S/C26H33N5O3/c1-28(18-22-8-4-2-5-9-22)25(32)20-30-21-27-31(26(30)33)19-23-12-14-29(15-13-23)16-17-34-24-10-6-3-7-11-24/h2-11,21,23H,12-20H2,1H3. The Morgan fingerprint density at radius 1 is 1.06 bits per heavy atom. The molecule has 1 amide bonds. The van der Waals surface area contributed by atoms with Gasteiger partial charge in [-0.1, -0.05) is 48.5 Å². The first-order valence-electron chi connectivity index (χ1n) is 11.9. The molecule has 1 aliphatic heterocycles. The van der Waals surface area contributed by atoms with E-state index in [1.807, 2.05) is 60.7 Å². The van der Waals surface area contributed by atoms with E-state index in [0.717, 1.165) is 43.8 Å². The molecular formula is C26H33N5O3. The minimum absolute atomic E-state index is 0.00201. The number of piperidine rings is 1. The molecule has 0 bridgehead atoms. The monoisotopic (exact) mass is 463 g/mol. The SMILES string of the molecule is CN(Cc1ccccc1)C(=O)Cn1cnn(CC2CCN(CCOc3ccccc3)CC2)c1=O. The lowest BCUT2D eigenvalue weighted by Crippen LogP contribution is -2.39. The lowest BCUT2D eigenvalue weighted by Gasteiger charge is -2.31. The number of likely N-dealkylation sites (tertiary alicyclic amines) is 1. The highest BCUT2D eigenvalue weighted by molar-refractivity contribution is 5.75. The van der Waals surface area contributed by atoms with Crippen molar-refractivity contribution in [2.24, 2.45) is 5.92 Å². The van der Waals surface area contributed by atoms with Gasteiger partial charge in [0.15, 0.2) is 0 Å². The maximum Gasteiger partial charge on any atom is 0.346 e. The lowest BCUT2D eigenvalue weighted by atomic mass is 9.97. The van der Waals surface area contributed by atoms with Crippen LogP contribution in [-0.2, 0) is 24.4 Å². The molecule has 0 spiro atoms. The molecule has 1 fully saturated rings. The van der Waals surface area contributed by atoms with E-state index in [1.165, 1.54) is 15.6 Å². The molecule has 2 aromatic carbocycles. The molecular weight excluding hydrogens is 430 g/mol. The molecule has 0 radical (unpaired) electrons. The fourth-order valence-electron chi connectivity index (χ4n) is 4.26. The molecule has 1 aromatic heterocycles. The number of ether oxygens (including phenoxy) is 1. The van der Waals surface area contributed by atoms with Gasteiger partial charge in [-0.2, -0.15) is 5.10 Å². The number of aromatic nitrogens is 3. The van der Waals surface area contributed by atoms with Gasteiger partial charge in [0.25, 0.3) is 0 Å². The van der Waals surface area contributed by atoms with Gasteiger partial charge in [-0.05, 0) is 49.5 Å². The number of hydrogen-bond donors (Lipinski definition) is 0. The molecule has 4 rings (SSSR count). The third-order valence-electron chi connectivity index (χ3n) is 6.35. The summed E-state index contributed by atoms with van der Waals surface area (Å²) in [5.41, 5.74) is 0.833. The van der Waals surface area contributed by atoms with Crippen molar-refractivity contribution in [1.82, 2.24) is 24.1 Å². The lowest BCUT2D eigenvalue weighted by molar-refractivity contribution is -0.131. The van der Waals surface area contributed by atoms with Gasteiger partial charge in [0.05, 0.1) is 0 Å². The van der Waals surface area contributed by atoms with Crippen molar-refractivity contribution in [3.8, 4) is 5.75 Å². The van der Waals surface area contributed by atoms with Crippen LogP contribution in [0.1, 0.15) is 18.4 Å². The molecule has 0 aliphatic carbocycles. The molecule has 2 heterocycles. The van der Waals surface area contributed by atoms with E-state index in [-0.39, 0.29) is 18.1 Å². The first kappa shape index (κ1) is 23.8. The van der Waals surface area contributed by atoms with E-state index < -0.39 is 0 Å². The van der Waals surface area contributed by atoms with Gasteiger partial charge in [-0.3, -0.25) is 14.3 Å². The normalized spacial score (nSPS) is 14.7. The van der Waals surface area contributed by atoms with Crippen LogP contribution in [0.15, 0.2) is 71.8 Å². The number of rotatable bonds is 10. The number of para-hydroxylation sites is 1. The molecule has 0 atom stereocenters. The molecule has 34 heavy (non-hydrogen) atoms. The first-order valence-corrected chi connectivity index (χ1v) is 11.9. The number of carbonyl (C=O) groups is 1. The van der Waals surface area contributed by atoms with Crippen LogP contribution in [-0.4, -0.2) is 63.3 Å². The molecule has 8 heteroatoms. The van der Waals surface area contributed by atoms with Crippen molar-refractivity contribution in [2.75, 3.05) is 33.3 Å². The zero-order valence-electron chi connectivity index (χ0n) is 19.8. The minimum atomic E-state index is -0.222. The third-order valence-corrected chi connectivity index (χ3v) is 6.35. The molecule has 3 aromatic rings. The molecule has 0 unspecified atom stereocenters. The first-order chi connectivity index (χ1) is 16.6. The van der Waals surface area contributed by atoms with Crippen LogP contribution in [0.4, 0.5) is 0 Å². The zero-order valence-corrected chi connectivity index (χ0v) is 19.8. The molecule has 0 N–H and O–H groups in total. The smallest absolute Gasteiger partial charge is 0.346 e. The quantitative estimate of drug-likeness (QED) is 0.462. The van der Waals surface area contributed by atoms with Gasteiger partial charge in [0.2, 0.25) is 5.91 Å². The Bertz CT molecular complexity index is 1090. The summed E-state index contributed by atoms with van der Waals surface area (Å²) < 4.78 is 8.71. The van der Waals surface area contributed by atoms with Crippen LogP contribution < -0.4 is 10.4 Å². The summed E-state index contributed by atoms with van der Waals surface area (Å²) >= 11 is 0. The van der Waals surface area contributed by atoms with Gasteiger partial charge in [0, 0.05) is 26.7 Å². The van der Waals surface area contributed by atoms with Gasteiger partial charge in [-0.15, -0.1) is 0 Å². The van der Waals surface area contributed by atoms with Crippen LogP contribution in [0.3, 0.4) is 0 Å². The summed E-state index contributed by atoms with van der Waals surface area (Å²) in [6, 6.07) is 19.7. The van der Waals surface area contributed by atoms with Crippen LogP contribution in [0.2, 0.25) is 0 Å². The van der Waals surface area contributed by atoms with E-state index in [2.05, 4.69) is 10.00 Å². The largest absolute Gasteiger partial charge is 0.492 e. The molecule has 1 saturated heterocycles. The van der Waals surface area contributed by atoms with Crippen LogP contribution in [0, 0.1) is 5.92 Å². The van der Waals surface area contributed by atoms with E-state index in [1.54, 1.807) is 11.9 Å². The molecule has 1 aliphatic rings. The summed E-state index contributed by atoms with van der Waals surface area (Å²) in [6.45, 7) is 4.65. The number of likely N-dealkylation sites (N-methyl/N-ethyl adjacent to an activating group) is 1. The summed E-state index contributed by atoms with van der Waals surface area (Å²) in [6.07, 6.45) is 3.51. The molecule has 0 saturated carbocycles. The minimum Gasteiger partial charge on any atom is -0.492 e. The van der Waals surface area contributed by atoms with E-state index in [9.17, 15) is 9.59 Å². The van der Waals surface area contributed by atoms with Gasteiger partial charge in [0.1, 0.15) is 25.2 Å². The Labute approximate surface area is 200 Å². The summed E-state index contributed by atoms with van der Waals surface area (Å²) in [7, 11) is 1.75. The topological polar surface area (TPSA) is 72.6 Å². The Morgan fingerprint density at radius 3 is 2.44 bits per heavy atom. The second kappa shape index (κ2) is 11.7. The number of nitrogens with zero attached hydrogens (tertiary/aromatic N) is 5. The maximum atomic E-state index is 12.8. The highest BCUT2D eigenvalue weighted by Crippen LogP contribution is 2.18. The zero-order chi connectivity index (χ0) is 23.8. The number of carbonyl (C=O) groups excluding carboxylic acids is 1. The van der Waals surface area contributed by atoms with Gasteiger partial charge < -0.3 is 9.64 Å². The van der Waals surface area contributed by atoms with Crippen LogP contribution in [0.25, 0.3) is 0 Å². The van der Waals surface area contributed by atoms with Crippen molar-refractivity contribution >= 4 is 5.91 Å². The van der Waals surface area contributed by atoms with Crippen molar-refractivity contribution < 1.29 is 9.53 Å². The predicted molar refractivity (Wildman–Crippen MR) is 131 cm³/mol. The summed E-state index contributed by atoms with van der Waals surface area (Å²) in [5, 5.41) is 4.27. The Hall–Kier alpha value is -3.39. The fraction of sp³-hybridized carbons (Fsp3) is 0.423. The van der Waals surface area contributed by atoms with Crippen molar-refractivity contribution in [3.05, 3.63) is 83.0 Å². The second-order valence-corrected chi connectivity index (χ2v) is 8.91. The summed E-state index contributed by atoms with van der Waals surface area (Å²) in [5.74, 6) is 1.19. The number of benzene rings is 2. The predicted octanol–water partition coefficient (Wildman–Crippen LogP) is 2.49. The van der Waals surface area contributed by atoms with Crippen molar-refractivity contribution in [3.63, 3.8) is 0 Å². The third kappa shape index (κ3) is 6.57. The van der Waals surface area contributed by atoms with Gasteiger partial charge >= 0.3 is 5.69 Å². The molecule has 180 valence electrons. The Kier molecular flexibility index (Phi) is 8.14. The molecule has 8 nitrogen and oxygen atoms in total. The second-order valence-electron chi connectivity index (χ2n) is 8.91. The number of hydrogen-bond acceptors (Lipinski definition) is 5. The highest BCUT2D eigenvalue weighted by atomic mass is 16.5.